The van der Waals surface area contributed by atoms with E-state index in [4.69, 9.17) is 10.2 Å². The number of aromatic nitrogens is 1. The first kappa shape index (κ1) is 13.5. The van der Waals surface area contributed by atoms with Crippen LogP contribution >= 0.6 is 0 Å². The van der Waals surface area contributed by atoms with Crippen molar-refractivity contribution in [1.82, 2.24) is 4.98 Å². The van der Waals surface area contributed by atoms with Crippen LogP contribution in [0.4, 0.5) is 18.9 Å². The molecule has 2 aromatic carbocycles. The van der Waals surface area contributed by atoms with Crippen LogP contribution < -0.4 is 5.73 Å². The molecular weight excluding hydrogens is 281 g/mol. The minimum absolute atomic E-state index is 0.155. The van der Waals surface area contributed by atoms with Gasteiger partial charge in [-0.05, 0) is 36.8 Å². The molecule has 0 amide bonds. The topological polar surface area (TPSA) is 52.0 Å². The number of benzene rings is 2. The minimum atomic E-state index is -4.41. The van der Waals surface area contributed by atoms with Gasteiger partial charge in [-0.2, -0.15) is 13.2 Å². The van der Waals surface area contributed by atoms with Gasteiger partial charge in [0.25, 0.3) is 0 Å². The van der Waals surface area contributed by atoms with Gasteiger partial charge >= 0.3 is 6.18 Å². The predicted octanol–water partition coefficient (Wildman–Crippen LogP) is 4.40. The molecule has 21 heavy (non-hydrogen) atoms. The Balaban J connectivity index is 2.18. The maximum Gasteiger partial charge on any atom is 0.416 e. The molecule has 0 fully saturated rings. The van der Waals surface area contributed by atoms with Gasteiger partial charge in [0, 0.05) is 5.69 Å². The molecule has 0 radical (unpaired) electrons. The monoisotopic (exact) mass is 292 g/mol. The lowest BCUT2D eigenvalue weighted by atomic mass is 10.1. The fourth-order valence-corrected chi connectivity index (χ4v) is 2.19. The van der Waals surface area contributed by atoms with Gasteiger partial charge < -0.3 is 10.2 Å². The summed E-state index contributed by atoms with van der Waals surface area (Å²) < 4.78 is 43.6. The first-order chi connectivity index (χ1) is 9.86. The summed E-state index contributed by atoms with van der Waals surface area (Å²) >= 11 is 0. The molecule has 0 aliphatic carbocycles. The van der Waals surface area contributed by atoms with Crippen molar-refractivity contribution >= 4 is 16.8 Å². The Hall–Kier alpha value is -2.50. The Kier molecular flexibility index (Phi) is 2.90. The highest BCUT2D eigenvalue weighted by atomic mass is 19.4. The van der Waals surface area contributed by atoms with Gasteiger partial charge in [0.05, 0.1) is 11.1 Å². The van der Waals surface area contributed by atoms with E-state index < -0.39 is 11.7 Å². The highest BCUT2D eigenvalue weighted by Gasteiger charge is 2.31. The standard InChI is InChI=1S/C15H11F3N2O/c1-8-3-2-4-10(19)13(8)14-20-11-7-9(15(16,17)18)5-6-12(11)21-14/h2-7H,19H2,1H3. The number of nitrogen functional groups attached to an aromatic ring is 1. The maximum absolute atomic E-state index is 12.7. The molecule has 0 saturated heterocycles. The molecule has 0 saturated carbocycles. The van der Waals surface area contributed by atoms with Crippen molar-refractivity contribution < 1.29 is 17.6 Å². The smallest absolute Gasteiger partial charge is 0.416 e. The van der Waals surface area contributed by atoms with Crippen LogP contribution in [0.5, 0.6) is 0 Å². The number of alkyl halides is 3. The molecule has 0 atom stereocenters. The summed E-state index contributed by atoms with van der Waals surface area (Å²) in [5, 5.41) is 0. The van der Waals surface area contributed by atoms with E-state index in [2.05, 4.69) is 4.98 Å². The van der Waals surface area contributed by atoms with E-state index in [0.29, 0.717) is 16.8 Å². The number of anilines is 1. The van der Waals surface area contributed by atoms with E-state index in [9.17, 15) is 13.2 Å². The minimum Gasteiger partial charge on any atom is -0.436 e. The molecule has 3 nitrogen and oxygen atoms in total. The summed E-state index contributed by atoms with van der Waals surface area (Å²) in [5.41, 5.74) is 7.50. The van der Waals surface area contributed by atoms with Gasteiger partial charge in [-0.25, -0.2) is 4.98 Å². The Morgan fingerprint density at radius 2 is 1.90 bits per heavy atom. The van der Waals surface area contributed by atoms with Crippen LogP contribution in [0.3, 0.4) is 0 Å². The summed E-state index contributed by atoms with van der Waals surface area (Å²) in [4.78, 5) is 4.13. The Labute approximate surface area is 118 Å². The largest absolute Gasteiger partial charge is 0.436 e. The van der Waals surface area contributed by atoms with Gasteiger partial charge in [-0.3, -0.25) is 0 Å². The van der Waals surface area contributed by atoms with Gasteiger partial charge in [-0.1, -0.05) is 12.1 Å². The van der Waals surface area contributed by atoms with Crippen molar-refractivity contribution in [1.29, 1.82) is 0 Å². The predicted molar refractivity (Wildman–Crippen MR) is 73.6 cm³/mol. The number of nitrogens with zero attached hydrogens (tertiary/aromatic N) is 1. The lowest BCUT2D eigenvalue weighted by Crippen LogP contribution is -2.03. The number of aryl methyl sites for hydroxylation is 1. The maximum atomic E-state index is 12.7. The Morgan fingerprint density at radius 3 is 2.57 bits per heavy atom. The molecule has 2 N–H and O–H groups in total. The summed E-state index contributed by atoms with van der Waals surface area (Å²) in [7, 11) is 0. The van der Waals surface area contributed by atoms with Gasteiger partial charge in [0.1, 0.15) is 5.52 Å². The number of nitrogens with two attached hydrogens (primary N) is 1. The second kappa shape index (κ2) is 4.51. The number of fused-ring (bicyclic) bond motifs is 1. The van der Waals surface area contributed by atoms with Crippen LogP contribution in [0.2, 0.25) is 0 Å². The molecule has 6 heteroatoms. The highest BCUT2D eigenvalue weighted by molar-refractivity contribution is 5.81. The number of hydrogen-bond donors (Lipinski definition) is 1. The van der Waals surface area contributed by atoms with E-state index >= 15 is 0 Å². The van der Waals surface area contributed by atoms with E-state index in [1.165, 1.54) is 6.07 Å². The summed E-state index contributed by atoms with van der Waals surface area (Å²) in [5.74, 6) is 0.222. The van der Waals surface area contributed by atoms with Crippen molar-refractivity contribution in [2.24, 2.45) is 0 Å². The number of rotatable bonds is 1. The van der Waals surface area contributed by atoms with E-state index in [1.807, 2.05) is 13.0 Å². The second-order valence-corrected chi connectivity index (χ2v) is 4.74. The third kappa shape index (κ3) is 2.33. The van der Waals surface area contributed by atoms with Gasteiger partial charge in [-0.15, -0.1) is 0 Å². The lowest BCUT2D eigenvalue weighted by molar-refractivity contribution is -0.137. The SMILES string of the molecule is Cc1cccc(N)c1-c1nc2cc(C(F)(F)F)ccc2o1. The number of oxazole rings is 1. The van der Waals surface area contributed by atoms with E-state index in [1.54, 1.807) is 12.1 Å². The normalized spacial score (nSPS) is 12.0. The van der Waals surface area contributed by atoms with Crippen LogP contribution in [0, 0.1) is 6.92 Å². The first-order valence-electron chi connectivity index (χ1n) is 6.19. The molecule has 108 valence electrons. The molecule has 3 aromatic rings. The van der Waals surface area contributed by atoms with Crippen LogP contribution in [-0.4, -0.2) is 4.98 Å². The van der Waals surface area contributed by atoms with Crippen molar-refractivity contribution in [2.45, 2.75) is 13.1 Å². The van der Waals surface area contributed by atoms with Crippen LogP contribution in [-0.2, 0) is 6.18 Å². The van der Waals surface area contributed by atoms with Gasteiger partial charge in [0.2, 0.25) is 5.89 Å². The molecule has 1 heterocycles. The lowest BCUT2D eigenvalue weighted by Gasteiger charge is -2.04. The average molecular weight is 292 g/mol. The Morgan fingerprint density at radius 1 is 1.14 bits per heavy atom. The summed E-state index contributed by atoms with van der Waals surface area (Å²) in [6, 6.07) is 8.52. The van der Waals surface area contributed by atoms with E-state index in [-0.39, 0.29) is 11.4 Å². The third-order valence-corrected chi connectivity index (χ3v) is 3.23. The second-order valence-electron chi connectivity index (χ2n) is 4.74. The molecule has 0 aliphatic heterocycles. The number of hydrogen-bond acceptors (Lipinski definition) is 3. The van der Waals surface area contributed by atoms with Crippen LogP contribution in [0.15, 0.2) is 40.8 Å². The molecule has 0 unspecified atom stereocenters. The fraction of sp³-hybridized carbons (Fsp3) is 0.133. The Bertz CT molecular complexity index is 801. The quantitative estimate of drug-likeness (QED) is 0.676. The van der Waals surface area contributed by atoms with Crippen molar-refractivity contribution in [2.75, 3.05) is 5.73 Å². The molecule has 1 aromatic heterocycles. The van der Waals surface area contributed by atoms with Crippen molar-refractivity contribution in [3.05, 3.63) is 47.5 Å². The van der Waals surface area contributed by atoms with Crippen LogP contribution in [0.1, 0.15) is 11.1 Å². The zero-order valence-corrected chi connectivity index (χ0v) is 11.0. The highest BCUT2D eigenvalue weighted by Crippen LogP contribution is 2.34. The fourth-order valence-electron chi connectivity index (χ4n) is 2.19. The number of halogens is 3. The first-order valence-corrected chi connectivity index (χ1v) is 6.19. The zero-order valence-electron chi connectivity index (χ0n) is 11.0. The molecule has 3 rings (SSSR count). The summed E-state index contributed by atoms with van der Waals surface area (Å²) in [6.07, 6.45) is -4.41. The molecule has 0 bridgehead atoms. The van der Waals surface area contributed by atoms with Crippen LogP contribution in [0.25, 0.3) is 22.6 Å². The van der Waals surface area contributed by atoms with Crippen molar-refractivity contribution in [3.63, 3.8) is 0 Å². The zero-order chi connectivity index (χ0) is 15.2. The average Bonchev–Trinajstić information content (AvgIpc) is 2.79. The van der Waals surface area contributed by atoms with E-state index in [0.717, 1.165) is 17.7 Å². The molecule has 0 spiro atoms. The van der Waals surface area contributed by atoms with Crippen molar-refractivity contribution in [3.8, 4) is 11.5 Å². The molecule has 0 aliphatic rings. The summed E-state index contributed by atoms with van der Waals surface area (Å²) in [6.45, 7) is 1.84. The third-order valence-electron chi connectivity index (χ3n) is 3.23. The molecular formula is C15H11F3N2O. The van der Waals surface area contributed by atoms with Gasteiger partial charge in [0.15, 0.2) is 5.58 Å².